The van der Waals surface area contributed by atoms with Crippen LogP contribution >= 0.6 is 0 Å². The van der Waals surface area contributed by atoms with E-state index in [1.165, 1.54) is 12.1 Å². The van der Waals surface area contributed by atoms with Gasteiger partial charge < -0.3 is 11.1 Å². The molecule has 0 aliphatic heterocycles. The number of halogens is 1. The minimum atomic E-state index is -0.700. The summed E-state index contributed by atoms with van der Waals surface area (Å²) in [6.07, 6.45) is 6.56. The zero-order valence-corrected chi connectivity index (χ0v) is 11.1. The average Bonchev–Trinajstić information content (AvgIpc) is 2.42. The van der Waals surface area contributed by atoms with Gasteiger partial charge in [-0.05, 0) is 43.9 Å². The number of hydrogen-bond acceptors (Lipinski definition) is 2. The summed E-state index contributed by atoms with van der Waals surface area (Å²) in [5, 5.41) is 2.52. The molecule has 0 heterocycles. The first-order valence-electron chi connectivity index (χ1n) is 6.63. The van der Waals surface area contributed by atoms with Crippen molar-refractivity contribution in [3.63, 3.8) is 0 Å². The molecule has 5 heteroatoms. The predicted molar refractivity (Wildman–Crippen MR) is 74.7 cm³/mol. The van der Waals surface area contributed by atoms with E-state index >= 15 is 0 Å². The van der Waals surface area contributed by atoms with Crippen molar-refractivity contribution in [2.75, 3.05) is 5.32 Å². The molecule has 4 nitrogen and oxygen atoms in total. The molecule has 1 aromatic rings. The first-order chi connectivity index (χ1) is 9.56. The lowest BCUT2D eigenvalue weighted by Crippen LogP contribution is -2.15. The molecule has 0 aromatic heterocycles. The molecule has 0 atom stereocenters. The third-order valence-electron chi connectivity index (χ3n) is 3.30. The number of carbonyl (C=O) groups is 2. The lowest BCUT2D eigenvalue weighted by atomic mass is 9.97. The number of benzene rings is 1. The van der Waals surface area contributed by atoms with E-state index in [9.17, 15) is 14.0 Å². The van der Waals surface area contributed by atoms with Crippen molar-refractivity contribution >= 4 is 17.5 Å². The summed E-state index contributed by atoms with van der Waals surface area (Å²) in [5.74, 6) is -1.61. The van der Waals surface area contributed by atoms with Crippen molar-refractivity contribution in [1.29, 1.82) is 0 Å². The van der Waals surface area contributed by atoms with Gasteiger partial charge >= 0.3 is 0 Å². The van der Waals surface area contributed by atoms with Crippen molar-refractivity contribution in [2.45, 2.75) is 32.1 Å². The fourth-order valence-electron chi connectivity index (χ4n) is 2.24. The zero-order valence-electron chi connectivity index (χ0n) is 11.1. The predicted octanol–water partition coefficient (Wildman–Crippen LogP) is 2.75. The van der Waals surface area contributed by atoms with Gasteiger partial charge in [0.2, 0.25) is 11.8 Å². The van der Waals surface area contributed by atoms with Crippen molar-refractivity contribution in [2.24, 2.45) is 5.73 Å². The van der Waals surface area contributed by atoms with Gasteiger partial charge in [-0.15, -0.1) is 0 Å². The second-order valence-electron chi connectivity index (χ2n) is 4.89. The van der Waals surface area contributed by atoms with E-state index in [0.29, 0.717) is 0 Å². The minimum absolute atomic E-state index is 0.0661. The Balaban J connectivity index is 2.00. The number of anilines is 1. The van der Waals surface area contributed by atoms with Gasteiger partial charge in [-0.3, -0.25) is 9.59 Å². The summed E-state index contributed by atoms with van der Waals surface area (Å²) >= 11 is 0. The van der Waals surface area contributed by atoms with Crippen LogP contribution in [0.5, 0.6) is 0 Å². The summed E-state index contributed by atoms with van der Waals surface area (Å²) in [6.45, 7) is 0. The van der Waals surface area contributed by atoms with E-state index in [1.807, 2.05) is 0 Å². The number of primary amides is 1. The van der Waals surface area contributed by atoms with Crippen LogP contribution in [0, 0.1) is 5.82 Å². The third kappa shape index (κ3) is 3.66. The molecule has 106 valence electrons. The fraction of sp³-hybridized carbons (Fsp3) is 0.333. The van der Waals surface area contributed by atoms with Gasteiger partial charge in [-0.25, -0.2) is 4.39 Å². The molecule has 0 saturated carbocycles. The molecule has 1 aromatic carbocycles. The summed E-state index contributed by atoms with van der Waals surface area (Å²) in [7, 11) is 0. The van der Waals surface area contributed by atoms with E-state index in [2.05, 4.69) is 11.4 Å². The molecule has 0 spiro atoms. The molecule has 0 saturated heterocycles. The van der Waals surface area contributed by atoms with E-state index in [1.54, 1.807) is 0 Å². The van der Waals surface area contributed by atoms with Crippen LogP contribution in [0.15, 0.2) is 29.8 Å². The fourth-order valence-corrected chi connectivity index (χ4v) is 2.24. The molecule has 20 heavy (non-hydrogen) atoms. The Morgan fingerprint density at radius 1 is 1.30 bits per heavy atom. The van der Waals surface area contributed by atoms with Crippen LogP contribution in [0.1, 0.15) is 42.5 Å². The zero-order chi connectivity index (χ0) is 14.5. The van der Waals surface area contributed by atoms with E-state index in [4.69, 9.17) is 5.73 Å². The van der Waals surface area contributed by atoms with Crippen molar-refractivity contribution in [1.82, 2.24) is 0 Å². The van der Waals surface area contributed by atoms with Gasteiger partial charge in [0, 0.05) is 12.0 Å². The number of nitrogens with one attached hydrogen (secondary N) is 1. The molecule has 0 radical (unpaired) electrons. The molecule has 0 unspecified atom stereocenters. The maximum atomic E-state index is 13.7. The van der Waals surface area contributed by atoms with E-state index < -0.39 is 11.7 Å². The molecule has 0 fully saturated rings. The molecule has 2 amide bonds. The van der Waals surface area contributed by atoms with Gasteiger partial charge in [-0.1, -0.05) is 11.6 Å². The summed E-state index contributed by atoms with van der Waals surface area (Å²) in [5.41, 5.74) is 6.30. The number of hydrogen-bond donors (Lipinski definition) is 2. The lowest BCUT2D eigenvalue weighted by Gasteiger charge is -2.13. The SMILES string of the molecule is NC(=O)c1ccc(NC(=O)CC2=CCCCC2)c(F)c1. The smallest absolute Gasteiger partial charge is 0.248 e. The number of amides is 2. The molecule has 3 N–H and O–H groups in total. The number of nitrogens with two attached hydrogens (primary N) is 1. The van der Waals surface area contributed by atoms with Gasteiger partial charge in [0.15, 0.2) is 0 Å². The third-order valence-corrected chi connectivity index (χ3v) is 3.30. The van der Waals surface area contributed by atoms with Crippen LogP contribution in [0.3, 0.4) is 0 Å². The highest BCUT2D eigenvalue weighted by Gasteiger charge is 2.12. The van der Waals surface area contributed by atoms with Gasteiger partial charge in [0.1, 0.15) is 5.82 Å². The quantitative estimate of drug-likeness (QED) is 0.830. The van der Waals surface area contributed by atoms with Crippen molar-refractivity contribution < 1.29 is 14.0 Å². The highest BCUT2D eigenvalue weighted by atomic mass is 19.1. The van der Waals surface area contributed by atoms with Crippen LogP contribution in [-0.4, -0.2) is 11.8 Å². The van der Waals surface area contributed by atoms with Crippen LogP contribution in [0.2, 0.25) is 0 Å². The molecule has 1 aliphatic carbocycles. The Bertz CT molecular complexity index is 567. The Morgan fingerprint density at radius 2 is 2.10 bits per heavy atom. The van der Waals surface area contributed by atoms with Crippen molar-refractivity contribution in [3.8, 4) is 0 Å². The van der Waals surface area contributed by atoms with Crippen LogP contribution in [0.25, 0.3) is 0 Å². The van der Waals surface area contributed by atoms with Crippen molar-refractivity contribution in [3.05, 3.63) is 41.2 Å². The molecular formula is C15H17FN2O2. The lowest BCUT2D eigenvalue weighted by molar-refractivity contribution is -0.115. The molecular weight excluding hydrogens is 259 g/mol. The molecule has 1 aliphatic rings. The standard InChI is InChI=1S/C15H17FN2O2/c16-12-9-11(15(17)20)6-7-13(12)18-14(19)8-10-4-2-1-3-5-10/h4,6-7,9H,1-3,5,8H2,(H2,17,20)(H,18,19). The Hall–Kier alpha value is -2.17. The Labute approximate surface area is 116 Å². The maximum Gasteiger partial charge on any atom is 0.248 e. The van der Waals surface area contributed by atoms with Crippen LogP contribution in [0.4, 0.5) is 10.1 Å². The van der Waals surface area contributed by atoms with E-state index in [0.717, 1.165) is 37.3 Å². The maximum absolute atomic E-state index is 13.7. The number of rotatable bonds is 4. The summed E-state index contributed by atoms with van der Waals surface area (Å²) < 4.78 is 13.7. The summed E-state index contributed by atoms with van der Waals surface area (Å²) in [6, 6.07) is 3.77. The number of allylic oxidation sites excluding steroid dienone is 1. The Morgan fingerprint density at radius 3 is 2.70 bits per heavy atom. The first-order valence-corrected chi connectivity index (χ1v) is 6.63. The molecule has 2 rings (SSSR count). The highest BCUT2D eigenvalue weighted by Crippen LogP contribution is 2.21. The monoisotopic (exact) mass is 276 g/mol. The largest absolute Gasteiger partial charge is 0.366 e. The number of carbonyl (C=O) groups excluding carboxylic acids is 2. The van der Waals surface area contributed by atoms with Gasteiger partial charge in [-0.2, -0.15) is 0 Å². The topological polar surface area (TPSA) is 72.2 Å². The van der Waals surface area contributed by atoms with Gasteiger partial charge in [0.05, 0.1) is 5.69 Å². The average molecular weight is 276 g/mol. The van der Waals surface area contributed by atoms with Gasteiger partial charge in [0.25, 0.3) is 0 Å². The highest BCUT2D eigenvalue weighted by molar-refractivity contribution is 5.95. The van der Waals surface area contributed by atoms with Crippen LogP contribution < -0.4 is 11.1 Å². The van der Waals surface area contributed by atoms with Crippen LogP contribution in [-0.2, 0) is 4.79 Å². The second-order valence-corrected chi connectivity index (χ2v) is 4.89. The van der Waals surface area contributed by atoms with E-state index in [-0.39, 0.29) is 23.6 Å². The molecule has 0 bridgehead atoms. The second kappa shape index (κ2) is 6.32. The first kappa shape index (κ1) is 14.2. The Kier molecular flexibility index (Phi) is 4.50. The summed E-state index contributed by atoms with van der Waals surface area (Å²) in [4.78, 5) is 22.8. The minimum Gasteiger partial charge on any atom is -0.366 e. The normalized spacial score (nSPS) is 14.6.